The summed E-state index contributed by atoms with van der Waals surface area (Å²) < 4.78 is 13.3. The number of hydrogen-bond donors (Lipinski definition) is 1. The van der Waals surface area contributed by atoms with E-state index in [4.69, 9.17) is 0 Å². The number of rotatable bonds is 3. The van der Waals surface area contributed by atoms with Crippen molar-refractivity contribution in [2.45, 2.75) is 6.10 Å². The van der Waals surface area contributed by atoms with E-state index in [0.717, 1.165) is 0 Å². The number of aliphatic hydroxyl groups is 1. The predicted molar refractivity (Wildman–Crippen MR) is 60.0 cm³/mol. The molecule has 1 heterocycles. The number of carbonyl (C=O) groups excluding carboxylic acids is 1. The summed E-state index contributed by atoms with van der Waals surface area (Å²) in [5.74, 6) is -1.04. The van der Waals surface area contributed by atoms with E-state index >= 15 is 0 Å². The van der Waals surface area contributed by atoms with Crippen LogP contribution in [-0.2, 0) is 0 Å². The van der Waals surface area contributed by atoms with E-state index in [1.807, 2.05) is 0 Å². The van der Waals surface area contributed by atoms with Crippen molar-refractivity contribution >= 4 is 17.1 Å². The van der Waals surface area contributed by atoms with E-state index in [1.165, 1.54) is 29.5 Å². The summed E-state index contributed by atoms with van der Waals surface area (Å²) in [5.41, 5.74) is 0.0147. The van der Waals surface area contributed by atoms with E-state index in [0.29, 0.717) is 4.88 Å². The van der Waals surface area contributed by atoms with Gasteiger partial charge in [-0.1, -0.05) is 24.3 Å². The fraction of sp³-hybridized carbons (Fsp3) is 0.0833. The summed E-state index contributed by atoms with van der Waals surface area (Å²) in [6.07, 6.45) is -1.43. The topological polar surface area (TPSA) is 37.3 Å². The maximum atomic E-state index is 13.3. The molecule has 2 nitrogen and oxygen atoms in total. The third kappa shape index (κ3) is 2.03. The molecule has 0 fully saturated rings. The Morgan fingerprint density at radius 2 is 2.00 bits per heavy atom. The van der Waals surface area contributed by atoms with Crippen molar-refractivity contribution < 1.29 is 14.3 Å². The van der Waals surface area contributed by atoms with Gasteiger partial charge in [0.1, 0.15) is 11.9 Å². The van der Waals surface area contributed by atoms with Crippen LogP contribution < -0.4 is 0 Å². The zero-order chi connectivity index (χ0) is 11.5. The fourth-order valence-corrected chi connectivity index (χ4v) is 2.08. The van der Waals surface area contributed by atoms with Gasteiger partial charge in [-0.15, -0.1) is 11.3 Å². The molecular formula is C12H9FO2S. The summed E-state index contributed by atoms with van der Waals surface area (Å²) in [5, 5.41) is 11.5. The van der Waals surface area contributed by atoms with Gasteiger partial charge in [0.25, 0.3) is 0 Å². The van der Waals surface area contributed by atoms with Crippen LogP contribution >= 0.6 is 11.3 Å². The molecule has 2 rings (SSSR count). The molecule has 16 heavy (non-hydrogen) atoms. The molecular weight excluding hydrogens is 227 g/mol. The van der Waals surface area contributed by atoms with Crippen LogP contribution in [0.5, 0.6) is 0 Å². The van der Waals surface area contributed by atoms with Crippen LogP contribution in [0.25, 0.3) is 0 Å². The molecule has 2 aromatic rings. The minimum Gasteiger partial charge on any atom is -0.380 e. The molecule has 1 aromatic carbocycles. The van der Waals surface area contributed by atoms with Crippen molar-refractivity contribution in [3.63, 3.8) is 0 Å². The van der Waals surface area contributed by atoms with Crippen LogP contribution in [0.3, 0.4) is 0 Å². The van der Waals surface area contributed by atoms with Crippen LogP contribution in [0.15, 0.2) is 41.8 Å². The van der Waals surface area contributed by atoms with Crippen LogP contribution in [-0.4, -0.2) is 10.9 Å². The average molecular weight is 236 g/mol. The Balaban J connectivity index is 2.30. The first-order valence-corrected chi connectivity index (χ1v) is 5.58. The zero-order valence-electron chi connectivity index (χ0n) is 8.26. The molecule has 0 bridgehead atoms. The number of halogens is 1. The molecule has 1 N–H and O–H groups in total. The Labute approximate surface area is 96.0 Å². The summed E-state index contributed by atoms with van der Waals surface area (Å²) in [7, 11) is 0. The van der Waals surface area contributed by atoms with Gasteiger partial charge in [-0.05, 0) is 17.5 Å². The second-order valence-electron chi connectivity index (χ2n) is 3.27. The summed E-state index contributed by atoms with van der Waals surface area (Å²) in [4.78, 5) is 12.2. The Morgan fingerprint density at radius 3 is 2.62 bits per heavy atom. The third-order valence-corrected chi connectivity index (χ3v) is 3.10. The molecule has 1 aromatic heterocycles. The van der Waals surface area contributed by atoms with Gasteiger partial charge in [0.2, 0.25) is 5.78 Å². The second-order valence-corrected chi connectivity index (χ2v) is 4.21. The molecule has 0 aliphatic carbocycles. The van der Waals surface area contributed by atoms with Gasteiger partial charge in [-0.3, -0.25) is 4.79 Å². The molecule has 82 valence electrons. The highest BCUT2D eigenvalue weighted by Gasteiger charge is 2.22. The molecule has 0 spiro atoms. The predicted octanol–water partition coefficient (Wildman–Crippen LogP) is 2.80. The highest BCUT2D eigenvalue weighted by molar-refractivity contribution is 7.12. The van der Waals surface area contributed by atoms with E-state index in [9.17, 15) is 14.3 Å². The number of hydrogen-bond acceptors (Lipinski definition) is 3. The monoisotopic (exact) mass is 236 g/mol. The Hall–Kier alpha value is -1.52. The molecule has 0 saturated heterocycles. The summed E-state index contributed by atoms with van der Waals surface area (Å²) in [6, 6.07) is 9.05. The van der Waals surface area contributed by atoms with E-state index < -0.39 is 17.7 Å². The molecule has 1 unspecified atom stereocenters. The lowest BCUT2D eigenvalue weighted by atomic mass is 10.0. The van der Waals surface area contributed by atoms with Crippen LogP contribution in [0.1, 0.15) is 21.3 Å². The van der Waals surface area contributed by atoms with Crippen LogP contribution in [0, 0.1) is 5.82 Å². The van der Waals surface area contributed by atoms with Crippen molar-refractivity contribution in [1.82, 2.24) is 0 Å². The fourth-order valence-electron chi connectivity index (χ4n) is 1.39. The van der Waals surface area contributed by atoms with Crippen molar-refractivity contribution in [3.8, 4) is 0 Å². The Morgan fingerprint density at radius 1 is 1.25 bits per heavy atom. The van der Waals surface area contributed by atoms with E-state index in [2.05, 4.69) is 0 Å². The Bertz CT molecular complexity index is 493. The third-order valence-electron chi connectivity index (χ3n) is 2.21. The molecule has 4 heteroatoms. The largest absolute Gasteiger partial charge is 0.380 e. The highest BCUT2D eigenvalue weighted by Crippen LogP contribution is 2.23. The molecule has 0 aliphatic heterocycles. The van der Waals surface area contributed by atoms with Gasteiger partial charge in [-0.2, -0.15) is 0 Å². The summed E-state index contributed by atoms with van der Waals surface area (Å²) >= 11 is 1.23. The molecule has 1 atom stereocenters. The number of carbonyl (C=O) groups is 1. The summed E-state index contributed by atoms with van der Waals surface area (Å²) in [6.45, 7) is 0. The number of Topliss-reactive ketones (excluding diaryl/α,β-unsaturated/α-hetero) is 1. The van der Waals surface area contributed by atoms with E-state index in [-0.39, 0.29) is 5.56 Å². The average Bonchev–Trinajstić information content (AvgIpc) is 2.81. The molecule has 0 aliphatic rings. The number of aliphatic hydroxyl groups excluding tert-OH is 1. The van der Waals surface area contributed by atoms with Crippen molar-refractivity contribution in [2.75, 3.05) is 0 Å². The molecule has 0 amide bonds. The van der Waals surface area contributed by atoms with Crippen LogP contribution in [0.4, 0.5) is 4.39 Å². The van der Waals surface area contributed by atoms with Crippen molar-refractivity contribution in [1.29, 1.82) is 0 Å². The number of benzene rings is 1. The first-order chi connectivity index (χ1) is 7.70. The first kappa shape index (κ1) is 11.0. The standard InChI is InChI=1S/C12H9FO2S/c13-9-5-2-1-4-8(9)11(14)12(15)10-6-3-7-16-10/h1-7,11,14H. The minimum absolute atomic E-state index is 0.0147. The zero-order valence-corrected chi connectivity index (χ0v) is 9.08. The number of thiophene rings is 1. The smallest absolute Gasteiger partial charge is 0.205 e. The molecule has 0 radical (unpaired) electrons. The SMILES string of the molecule is O=C(c1cccs1)C(O)c1ccccc1F. The lowest BCUT2D eigenvalue weighted by molar-refractivity contribution is 0.0745. The number of ketones is 1. The highest BCUT2D eigenvalue weighted by atomic mass is 32.1. The maximum Gasteiger partial charge on any atom is 0.205 e. The van der Waals surface area contributed by atoms with Crippen molar-refractivity contribution in [3.05, 3.63) is 58.0 Å². The van der Waals surface area contributed by atoms with Gasteiger partial charge >= 0.3 is 0 Å². The van der Waals surface area contributed by atoms with Crippen LogP contribution in [0.2, 0.25) is 0 Å². The maximum absolute atomic E-state index is 13.3. The lowest BCUT2D eigenvalue weighted by Gasteiger charge is -2.09. The van der Waals surface area contributed by atoms with Crippen molar-refractivity contribution in [2.24, 2.45) is 0 Å². The Kier molecular flexibility index (Phi) is 3.12. The quantitative estimate of drug-likeness (QED) is 0.832. The molecule has 0 saturated carbocycles. The second kappa shape index (κ2) is 4.55. The first-order valence-electron chi connectivity index (χ1n) is 4.70. The normalized spacial score (nSPS) is 12.4. The van der Waals surface area contributed by atoms with Gasteiger partial charge in [0.15, 0.2) is 0 Å². The van der Waals surface area contributed by atoms with Gasteiger partial charge in [-0.25, -0.2) is 4.39 Å². The van der Waals surface area contributed by atoms with Gasteiger partial charge in [0.05, 0.1) is 4.88 Å². The van der Waals surface area contributed by atoms with Gasteiger partial charge in [0, 0.05) is 5.56 Å². The van der Waals surface area contributed by atoms with Gasteiger partial charge < -0.3 is 5.11 Å². The lowest BCUT2D eigenvalue weighted by Crippen LogP contribution is -2.12. The van der Waals surface area contributed by atoms with E-state index in [1.54, 1.807) is 23.6 Å². The minimum atomic E-state index is -1.43.